The zero-order valence-corrected chi connectivity index (χ0v) is 16.7. The number of anilines is 1. The van der Waals surface area contributed by atoms with Crippen LogP contribution in [-0.4, -0.2) is 30.9 Å². The van der Waals surface area contributed by atoms with E-state index < -0.39 is 11.9 Å². The molecule has 2 aromatic carbocycles. The SMILES string of the molecule is CCOC(=O)c1ccccc1NC(=O)CNC(=O)c1ccc(C(C)(C)C)cc1. The van der Waals surface area contributed by atoms with Crippen molar-refractivity contribution in [3.05, 3.63) is 65.2 Å². The molecule has 2 rings (SSSR count). The molecule has 0 saturated heterocycles. The quantitative estimate of drug-likeness (QED) is 0.749. The van der Waals surface area contributed by atoms with E-state index in [9.17, 15) is 14.4 Å². The first-order valence-electron chi connectivity index (χ1n) is 9.17. The first-order chi connectivity index (χ1) is 13.2. The number of nitrogens with one attached hydrogen (secondary N) is 2. The van der Waals surface area contributed by atoms with Gasteiger partial charge in [0.1, 0.15) is 0 Å². The molecular weight excluding hydrogens is 356 g/mol. The lowest BCUT2D eigenvalue weighted by molar-refractivity contribution is -0.115. The number of ether oxygens (including phenoxy) is 1. The lowest BCUT2D eigenvalue weighted by Gasteiger charge is -2.19. The molecule has 6 nitrogen and oxygen atoms in total. The summed E-state index contributed by atoms with van der Waals surface area (Å²) in [5, 5.41) is 5.22. The molecule has 6 heteroatoms. The van der Waals surface area contributed by atoms with Gasteiger partial charge in [0.15, 0.2) is 0 Å². The van der Waals surface area contributed by atoms with Gasteiger partial charge in [-0.15, -0.1) is 0 Å². The summed E-state index contributed by atoms with van der Waals surface area (Å²) in [6.45, 7) is 8.03. The first-order valence-corrected chi connectivity index (χ1v) is 9.17. The maximum atomic E-state index is 12.3. The van der Waals surface area contributed by atoms with Crippen molar-refractivity contribution in [3.8, 4) is 0 Å². The standard InChI is InChI=1S/C22H26N2O4/c1-5-28-21(27)17-8-6-7-9-18(17)24-19(25)14-23-20(26)15-10-12-16(13-11-15)22(2,3)4/h6-13H,5,14H2,1-4H3,(H,23,26)(H,24,25). The van der Waals surface area contributed by atoms with Crippen LogP contribution in [0.25, 0.3) is 0 Å². The number of carbonyl (C=O) groups is 3. The van der Waals surface area contributed by atoms with Crippen molar-refractivity contribution in [1.29, 1.82) is 0 Å². The highest BCUT2D eigenvalue weighted by Crippen LogP contribution is 2.22. The van der Waals surface area contributed by atoms with Crippen molar-refractivity contribution in [3.63, 3.8) is 0 Å². The zero-order chi connectivity index (χ0) is 20.7. The van der Waals surface area contributed by atoms with Gasteiger partial charge in [0.2, 0.25) is 5.91 Å². The molecule has 0 atom stereocenters. The van der Waals surface area contributed by atoms with E-state index in [0.29, 0.717) is 11.3 Å². The van der Waals surface area contributed by atoms with Crippen LogP contribution in [0.1, 0.15) is 54.0 Å². The second-order valence-corrected chi connectivity index (χ2v) is 7.32. The third-order valence-electron chi connectivity index (χ3n) is 4.12. The third kappa shape index (κ3) is 5.67. The molecule has 0 unspecified atom stereocenters. The molecule has 28 heavy (non-hydrogen) atoms. The van der Waals surface area contributed by atoms with Crippen molar-refractivity contribution in [2.24, 2.45) is 0 Å². The molecular formula is C22H26N2O4. The zero-order valence-electron chi connectivity index (χ0n) is 16.7. The highest BCUT2D eigenvalue weighted by Gasteiger charge is 2.16. The third-order valence-corrected chi connectivity index (χ3v) is 4.12. The van der Waals surface area contributed by atoms with Crippen molar-refractivity contribution < 1.29 is 19.1 Å². The van der Waals surface area contributed by atoms with E-state index in [-0.39, 0.29) is 30.0 Å². The summed E-state index contributed by atoms with van der Waals surface area (Å²) in [4.78, 5) is 36.4. The lowest BCUT2D eigenvalue weighted by Crippen LogP contribution is -2.33. The minimum absolute atomic E-state index is 0.00120. The highest BCUT2D eigenvalue weighted by atomic mass is 16.5. The molecule has 2 amide bonds. The molecule has 2 aromatic rings. The summed E-state index contributed by atoms with van der Waals surface area (Å²) in [5.41, 5.74) is 2.21. The van der Waals surface area contributed by atoms with Gasteiger partial charge in [-0.1, -0.05) is 45.0 Å². The summed E-state index contributed by atoms with van der Waals surface area (Å²) in [7, 11) is 0. The Bertz CT molecular complexity index is 852. The van der Waals surface area contributed by atoms with Crippen molar-refractivity contribution in [1.82, 2.24) is 5.32 Å². The van der Waals surface area contributed by atoms with Crippen LogP contribution in [0.3, 0.4) is 0 Å². The Hall–Kier alpha value is -3.15. The molecule has 0 saturated carbocycles. The number of benzene rings is 2. The van der Waals surface area contributed by atoms with Gasteiger partial charge in [-0.05, 0) is 42.2 Å². The first kappa shape index (κ1) is 21.2. The Balaban J connectivity index is 1.96. The molecule has 0 aromatic heterocycles. The van der Waals surface area contributed by atoms with Crippen LogP contribution in [0.15, 0.2) is 48.5 Å². The summed E-state index contributed by atoms with van der Waals surface area (Å²) in [6.07, 6.45) is 0. The van der Waals surface area contributed by atoms with E-state index in [1.165, 1.54) is 0 Å². The van der Waals surface area contributed by atoms with Crippen LogP contribution in [0.5, 0.6) is 0 Å². The number of esters is 1. The van der Waals surface area contributed by atoms with E-state index in [1.54, 1.807) is 43.3 Å². The van der Waals surface area contributed by atoms with Crippen molar-refractivity contribution in [2.75, 3.05) is 18.5 Å². The molecule has 0 heterocycles. The van der Waals surface area contributed by atoms with Gasteiger partial charge in [0, 0.05) is 5.56 Å². The Morgan fingerprint density at radius 1 is 0.964 bits per heavy atom. The Kier molecular flexibility index (Phi) is 6.93. The Morgan fingerprint density at radius 3 is 2.21 bits per heavy atom. The average molecular weight is 382 g/mol. The van der Waals surface area contributed by atoms with Crippen molar-refractivity contribution >= 4 is 23.5 Å². The van der Waals surface area contributed by atoms with E-state index in [4.69, 9.17) is 4.74 Å². The van der Waals surface area contributed by atoms with E-state index in [2.05, 4.69) is 31.4 Å². The normalized spacial score (nSPS) is 10.9. The number of amides is 2. The molecule has 0 spiro atoms. The number of hydrogen-bond donors (Lipinski definition) is 2. The van der Waals surface area contributed by atoms with Crippen LogP contribution >= 0.6 is 0 Å². The number of rotatable bonds is 6. The van der Waals surface area contributed by atoms with E-state index in [0.717, 1.165) is 5.56 Å². The molecule has 0 aliphatic heterocycles. The molecule has 0 aliphatic rings. The van der Waals surface area contributed by atoms with Gasteiger partial charge in [-0.25, -0.2) is 4.79 Å². The van der Waals surface area contributed by atoms with Crippen LogP contribution in [0.2, 0.25) is 0 Å². The molecule has 0 fully saturated rings. The Labute approximate surface area is 165 Å². The molecule has 148 valence electrons. The minimum Gasteiger partial charge on any atom is -0.462 e. The van der Waals surface area contributed by atoms with Gasteiger partial charge in [-0.2, -0.15) is 0 Å². The number of para-hydroxylation sites is 1. The summed E-state index contributed by atoms with van der Waals surface area (Å²) >= 11 is 0. The topological polar surface area (TPSA) is 84.5 Å². The average Bonchev–Trinajstić information content (AvgIpc) is 2.66. The van der Waals surface area contributed by atoms with Gasteiger partial charge >= 0.3 is 5.97 Å². The largest absolute Gasteiger partial charge is 0.462 e. The number of hydrogen-bond acceptors (Lipinski definition) is 4. The fourth-order valence-corrected chi connectivity index (χ4v) is 2.56. The van der Waals surface area contributed by atoms with Crippen molar-refractivity contribution in [2.45, 2.75) is 33.1 Å². The van der Waals surface area contributed by atoms with Crippen LogP contribution in [-0.2, 0) is 14.9 Å². The van der Waals surface area contributed by atoms with Gasteiger partial charge < -0.3 is 15.4 Å². The fraction of sp³-hybridized carbons (Fsp3) is 0.318. The molecule has 0 radical (unpaired) electrons. The highest BCUT2D eigenvalue weighted by molar-refractivity contribution is 6.03. The molecule has 0 aliphatic carbocycles. The lowest BCUT2D eigenvalue weighted by atomic mass is 9.87. The summed E-state index contributed by atoms with van der Waals surface area (Å²) in [5.74, 6) is -1.29. The van der Waals surface area contributed by atoms with E-state index in [1.807, 2.05) is 12.1 Å². The van der Waals surface area contributed by atoms with Crippen LogP contribution < -0.4 is 10.6 Å². The maximum absolute atomic E-state index is 12.3. The summed E-state index contributed by atoms with van der Waals surface area (Å²) in [6, 6.07) is 13.9. The molecule has 0 bridgehead atoms. The Morgan fingerprint density at radius 2 is 1.61 bits per heavy atom. The van der Waals surface area contributed by atoms with Crippen LogP contribution in [0, 0.1) is 0 Å². The van der Waals surface area contributed by atoms with Crippen LogP contribution in [0.4, 0.5) is 5.69 Å². The maximum Gasteiger partial charge on any atom is 0.340 e. The molecule has 2 N–H and O–H groups in total. The number of carbonyl (C=O) groups excluding carboxylic acids is 3. The predicted molar refractivity (Wildman–Crippen MR) is 109 cm³/mol. The predicted octanol–water partition coefficient (Wildman–Crippen LogP) is 3.53. The second kappa shape index (κ2) is 9.17. The van der Waals surface area contributed by atoms with Gasteiger partial charge in [0.25, 0.3) is 5.91 Å². The van der Waals surface area contributed by atoms with E-state index >= 15 is 0 Å². The summed E-state index contributed by atoms with van der Waals surface area (Å²) < 4.78 is 4.98. The fourth-order valence-electron chi connectivity index (χ4n) is 2.56. The smallest absolute Gasteiger partial charge is 0.340 e. The van der Waals surface area contributed by atoms with Gasteiger partial charge in [-0.3, -0.25) is 9.59 Å². The van der Waals surface area contributed by atoms with Gasteiger partial charge in [0.05, 0.1) is 24.4 Å². The monoisotopic (exact) mass is 382 g/mol. The second-order valence-electron chi connectivity index (χ2n) is 7.32. The minimum atomic E-state index is -0.513.